The Bertz CT molecular complexity index is 464. The molecule has 1 aromatic heterocycles. The van der Waals surface area contributed by atoms with E-state index in [2.05, 4.69) is 32.9 Å². The predicted octanol–water partition coefficient (Wildman–Crippen LogP) is 1.56. The van der Waals surface area contributed by atoms with Crippen molar-refractivity contribution in [3.8, 4) is 0 Å². The van der Waals surface area contributed by atoms with Crippen molar-refractivity contribution in [1.82, 2.24) is 20.9 Å². The Labute approximate surface area is 153 Å². The molecule has 126 valence electrons. The Morgan fingerprint density at radius 2 is 2.00 bits per heavy atom. The van der Waals surface area contributed by atoms with Crippen LogP contribution in [0.2, 0.25) is 0 Å². The average molecular weight is 439 g/mol. The zero-order chi connectivity index (χ0) is 15.5. The number of hydrogen-bond donors (Lipinski definition) is 3. The van der Waals surface area contributed by atoms with Gasteiger partial charge < -0.3 is 16.0 Å². The zero-order valence-corrected chi connectivity index (χ0v) is 16.6. The normalized spacial score (nSPS) is 10.8. The molecule has 0 fully saturated rings. The number of carbonyl (C=O) groups excluding carboxylic acids is 1. The van der Waals surface area contributed by atoms with Gasteiger partial charge in [0, 0.05) is 50.6 Å². The van der Waals surface area contributed by atoms with Crippen molar-refractivity contribution in [2.75, 3.05) is 26.2 Å². The standard InChI is InChI=1S/C14H25N5OS.HI/c1-4-12-10-19-13(21-12)6-7-17-14(15-5-2)18-9-8-16-11(3)20;/h10H,4-9H2,1-3H3,(H,16,20)(H2,15,17,18);1H. The van der Waals surface area contributed by atoms with E-state index < -0.39 is 0 Å². The summed E-state index contributed by atoms with van der Waals surface area (Å²) in [5.41, 5.74) is 0. The SMILES string of the molecule is CCNC(=NCCc1ncc(CC)s1)NCCNC(C)=O.I. The monoisotopic (exact) mass is 439 g/mol. The number of hydrogen-bond acceptors (Lipinski definition) is 4. The van der Waals surface area contributed by atoms with E-state index in [-0.39, 0.29) is 29.9 Å². The lowest BCUT2D eigenvalue weighted by Gasteiger charge is -2.11. The molecule has 0 radical (unpaired) electrons. The molecule has 3 N–H and O–H groups in total. The summed E-state index contributed by atoms with van der Waals surface area (Å²) in [6, 6.07) is 0. The summed E-state index contributed by atoms with van der Waals surface area (Å²) in [6.07, 6.45) is 3.84. The molecule has 1 aromatic rings. The highest BCUT2D eigenvalue weighted by Crippen LogP contribution is 2.13. The van der Waals surface area contributed by atoms with Crippen LogP contribution in [0.25, 0.3) is 0 Å². The highest BCUT2D eigenvalue weighted by atomic mass is 127. The van der Waals surface area contributed by atoms with Gasteiger partial charge in [-0.15, -0.1) is 35.3 Å². The third-order valence-corrected chi connectivity index (χ3v) is 3.88. The predicted molar refractivity (Wildman–Crippen MR) is 103 cm³/mol. The molecule has 1 rings (SSSR count). The summed E-state index contributed by atoms with van der Waals surface area (Å²) in [6.45, 7) is 8.43. The number of amides is 1. The number of carbonyl (C=O) groups is 1. The van der Waals surface area contributed by atoms with Crippen molar-refractivity contribution in [3.63, 3.8) is 0 Å². The van der Waals surface area contributed by atoms with Gasteiger partial charge in [0.05, 0.1) is 5.01 Å². The largest absolute Gasteiger partial charge is 0.357 e. The van der Waals surface area contributed by atoms with Gasteiger partial charge in [-0.1, -0.05) is 6.92 Å². The maximum absolute atomic E-state index is 10.8. The van der Waals surface area contributed by atoms with E-state index in [4.69, 9.17) is 0 Å². The van der Waals surface area contributed by atoms with Gasteiger partial charge in [-0.2, -0.15) is 0 Å². The number of aryl methyl sites for hydroxylation is 1. The number of thiazole rings is 1. The topological polar surface area (TPSA) is 78.4 Å². The lowest BCUT2D eigenvalue weighted by molar-refractivity contribution is -0.118. The Morgan fingerprint density at radius 3 is 2.59 bits per heavy atom. The first-order chi connectivity index (χ1) is 10.2. The number of aromatic nitrogens is 1. The maximum atomic E-state index is 10.8. The number of rotatable bonds is 8. The van der Waals surface area contributed by atoms with Crippen LogP contribution in [0.3, 0.4) is 0 Å². The van der Waals surface area contributed by atoms with Crippen LogP contribution in [0.15, 0.2) is 11.2 Å². The Morgan fingerprint density at radius 1 is 1.27 bits per heavy atom. The number of halogens is 1. The Balaban J connectivity index is 0.00000441. The molecule has 0 unspecified atom stereocenters. The first-order valence-electron chi connectivity index (χ1n) is 7.35. The molecule has 1 amide bonds. The molecule has 0 aliphatic rings. The second-order valence-corrected chi connectivity index (χ2v) is 5.69. The van der Waals surface area contributed by atoms with E-state index in [1.54, 1.807) is 11.3 Å². The maximum Gasteiger partial charge on any atom is 0.216 e. The second-order valence-electron chi connectivity index (χ2n) is 4.49. The molecule has 22 heavy (non-hydrogen) atoms. The fourth-order valence-corrected chi connectivity index (χ4v) is 2.50. The van der Waals surface area contributed by atoms with E-state index in [9.17, 15) is 4.79 Å². The van der Waals surface area contributed by atoms with Crippen molar-refractivity contribution in [2.45, 2.75) is 33.6 Å². The quantitative estimate of drug-likeness (QED) is 0.249. The van der Waals surface area contributed by atoms with Crippen LogP contribution in [0.5, 0.6) is 0 Å². The second kappa shape index (κ2) is 12.6. The molecule has 0 aliphatic heterocycles. The molecule has 0 atom stereocenters. The summed E-state index contributed by atoms with van der Waals surface area (Å²) >= 11 is 1.75. The molecule has 0 bridgehead atoms. The van der Waals surface area contributed by atoms with E-state index in [1.165, 1.54) is 11.8 Å². The zero-order valence-electron chi connectivity index (χ0n) is 13.4. The van der Waals surface area contributed by atoms with Crippen molar-refractivity contribution in [3.05, 3.63) is 16.1 Å². The van der Waals surface area contributed by atoms with Crippen LogP contribution in [0, 0.1) is 0 Å². The summed E-state index contributed by atoms with van der Waals surface area (Å²) in [4.78, 5) is 21.0. The molecule has 0 saturated heterocycles. The fraction of sp³-hybridized carbons (Fsp3) is 0.643. The summed E-state index contributed by atoms with van der Waals surface area (Å²) < 4.78 is 0. The van der Waals surface area contributed by atoms with Gasteiger partial charge in [0.2, 0.25) is 5.91 Å². The van der Waals surface area contributed by atoms with E-state index in [0.717, 1.165) is 30.4 Å². The van der Waals surface area contributed by atoms with Gasteiger partial charge >= 0.3 is 0 Å². The van der Waals surface area contributed by atoms with Gasteiger partial charge in [-0.25, -0.2) is 4.98 Å². The highest BCUT2D eigenvalue weighted by Gasteiger charge is 2.01. The molecule has 0 aromatic carbocycles. The van der Waals surface area contributed by atoms with Crippen molar-refractivity contribution < 1.29 is 4.79 Å². The average Bonchev–Trinajstić information content (AvgIpc) is 2.91. The van der Waals surface area contributed by atoms with Gasteiger partial charge in [-0.3, -0.25) is 9.79 Å². The van der Waals surface area contributed by atoms with Crippen molar-refractivity contribution >= 4 is 47.2 Å². The fourth-order valence-electron chi connectivity index (χ4n) is 1.65. The number of guanidine groups is 1. The van der Waals surface area contributed by atoms with E-state index in [0.29, 0.717) is 19.6 Å². The van der Waals surface area contributed by atoms with Crippen molar-refractivity contribution in [1.29, 1.82) is 0 Å². The number of nitrogens with one attached hydrogen (secondary N) is 3. The highest BCUT2D eigenvalue weighted by molar-refractivity contribution is 14.0. The molecule has 0 saturated carbocycles. The molecular formula is C14H26IN5OS. The molecule has 0 spiro atoms. The summed E-state index contributed by atoms with van der Waals surface area (Å²) in [7, 11) is 0. The van der Waals surface area contributed by atoms with Crippen LogP contribution in [-0.2, 0) is 17.6 Å². The minimum absolute atomic E-state index is 0. The molecule has 6 nitrogen and oxygen atoms in total. The minimum atomic E-state index is -0.0192. The summed E-state index contributed by atoms with van der Waals surface area (Å²) in [5, 5.41) is 10.2. The van der Waals surface area contributed by atoms with Gasteiger partial charge in [-0.05, 0) is 13.3 Å². The number of nitrogens with zero attached hydrogens (tertiary/aromatic N) is 2. The van der Waals surface area contributed by atoms with Crippen molar-refractivity contribution in [2.24, 2.45) is 4.99 Å². The van der Waals surface area contributed by atoms with E-state index in [1.807, 2.05) is 13.1 Å². The van der Waals surface area contributed by atoms with Crippen LogP contribution in [-0.4, -0.2) is 43.0 Å². The Kier molecular flexibility index (Phi) is 12.1. The first-order valence-corrected chi connectivity index (χ1v) is 8.17. The smallest absolute Gasteiger partial charge is 0.216 e. The molecule has 1 heterocycles. The number of aliphatic imine (C=N–C) groups is 1. The lowest BCUT2D eigenvalue weighted by Crippen LogP contribution is -2.41. The van der Waals surface area contributed by atoms with Gasteiger partial charge in [0.25, 0.3) is 0 Å². The third kappa shape index (κ3) is 9.19. The van der Waals surface area contributed by atoms with Crippen LogP contribution in [0.4, 0.5) is 0 Å². The van der Waals surface area contributed by atoms with Crippen LogP contribution in [0.1, 0.15) is 30.7 Å². The van der Waals surface area contributed by atoms with E-state index >= 15 is 0 Å². The minimum Gasteiger partial charge on any atom is -0.357 e. The first kappa shape index (κ1) is 21.1. The lowest BCUT2D eigenvalue weighted by atomic mass is 10.4. The van der Waals surface area contributed by atoms with Gasteiger partial charge in [0.15, 0.2) is 5.96 Å². The Hall–Kier alpha value is -0.900. The van der Waals surface area contributed by atoms with Crippen LogP contribution < -0.4 is 16.0 Å². The third-order valence-electron chi connectivity index (χ3n) is 2.68. The van der Waals surface area contributed by atoms with Gasteiger partial charge in [0.1, 0.15) is 0 Å². The van der Waals surface area contributed by atoms with Crippen LogP contribution >= 0.6 is 35.3 Å². The molecule has 8 heteroatoms. The summed E-state index contributed by atoms with van der Waals surface area (Å²) in [5.74, 6) is 0.754. The molecule has 0 aliphatic carbocycles. The molecular weight excluding hydrogens is 413 g/mol.